The van der Waals surface area contributed by atoms with Gasteiger partial charge in [-0.3, -0.25) is 0 Å². The van der Waals surface area contributed by atoms with E-state index < -0.39 is 0 Å². The van der Waals surface area contributed by atoms with Gasteiger partial charge < -0.3 is 4.90 Å². The van der Waals surface area contributed by atoms with Crippen LogP contribution in [0.3, 0.4) is 0 Å². The predicted molar refractivity (Wildman–Crippen MR) is 64.2 cm³/mol. The maximum atomic E-state index is 8.53. The first-order valence-corrected chi connectivity index (χ1v) is 5.59. The monoisotopic (exact) mass is 218 g/mol. The van der Waals surface area contributed by atoms with Crippen LogP contribution in [0, 0.1) is 11.3 Å². The second-order valence-corrected chi connectivity index (χ2v) is 3.94. The molecule has 0 saturated heterocycles. The van der Waals surface area contributed by atoms with Crippen LogP contribution in [0.25, 0.3) is 0 Å². The van der Waals surface area contributed by atoms with E-state index >= 15 is 0 Å². The SMILES string of the molecule is CCC(C)c1cc(N(C)CCC#N)ncn1. The molecule has 1 aromatic heterocycles. The lowest BCUT2D eigenvalue weighted by Crippen LogP contribution is -2.19. The number of hydrogen-bond donors (Lipinski definition) is 0. The second kappa shape index (κ2) is 6.06. The summed E-state index contributed by atoms with van der Waals surface area (Å²) in [5.41, 5.74) is 1.07. The molecular formula is C12H18N4. The summed E-state index contributed by atoms with van der Waals surface area (Å²) in [6, 6.07) is 4.14. The summed E-state index contributed by atoms with van der Waals surface area (Å²) in [6.07, 6.45) is 3.18. The van der Waals surface area contributed by atoms with Gasteiger partial charge in [-0.25, -0.2) is 9.97 Å². The molecule has 16 heavy (non-hydrogen) atoms. The largest absolute Gasteiger partial charge is 0.359 e. The maximum Gasteiger partial charge on any atom is 0.131 e. The topological polar surface area (TPSA) is 52.8 Å². The van der Waals surface area contributed by atoms with Gasteiger partial charge in [-0.05, 0) is 12.3 Å². The zero-order chi connectivity index (χ0) is 12.0. The molecule has 0 aliphatic carbocycles. The molecule has 1 unspecified atom stereocenters. The van der Waals surface area contributed by atoms with E-state index in [0.29, 0.717) is 18.9 Å². The summed E-state index contributed by atoms with van der Waals surface area (Å²) in [4.78, 5) is 10.5. The van der Waals surface area contributed by atoms with Crippen LogP contribution in [-0.4, -0.2) is 23.6 Å². The Bertz CT molecular complexity index is 370. The number of hydrogen-bond acceptors (Lipinski definition) is 4. The summed E-state index contributed by atoms with van der Waals surface area (Å²) in [5, 5.41) is 8.53. The normalized spacial score (nSPS) is 11.9. The van der Waals surface area contributed by atoms with Gasteiger partial charge in [-0.1, -0.05) is 13.8 Å². The van der Waals surface area contributed by atoms with Crippen LogP contribution in [-0.2, 0) is 0 Å². The lowest BCUT2D eigenvalue weighted by atomic mass is 10.1. The number of aromatic nitrogens is 2. The molecular weight excluding hydrogens is 200 g/mol. The van der Waals surface area contributed by atoms with Gasteiger partial charge >= 0.3 is 0 Å². The number of nitriles is 1. The van der Waals surface area contributed by atoms with E-state index in [1.807, 2.05) is 18.0 Å². The minimum atomic E-state index is 0.450. The standard InChI is InChI=1S/C12H18N4/c1-4-10(2)11-8-12(15-9-14-11)16(3)7-5-6-13/h8-10H,4-5,7H2,1-3H3. The van der Waals surface area contributed by atoms with Crippen molar-refractivity contribution in [2.75, 3.05) is 18.5 Å². The average Bonchev–Trinajstić information content (AvgIpc) is 2.35. The van der Waals surface area contributed by atoms with Crippen molar-refractivity contribution in [1.82, 2.24) is 9.97 Å². The molecule has 0 amide bonds. The average molecular weight is 218 g/mol. The van der Waals surface area contributed by atoms with E-state index in [1.165, 1.54) is 0 Å². The predicted octanol–water partition coefficient (Wildman–Crippen LogP) is 2.34. The molecule has 0 aliphatic heterocycles. The molecule has 0 fully saturated rings. The fourth-order valence-corrected chi connectivity index (χ4v) is 1.38. The molecule has 4 nitrogen and oxygen atoms in total. The van der Waals surface area contributed by atoms with E-state index in [4.69, 9.17) is 5.26 Å². The minimum Gasteiger partial charge on any atom is -0.359 e. The highest BCUT2D eigenvalue weighted by Gasteiger charge is 2.08. The summed E-state index contributed by atoms with van der Waals surface area (Å²) in [5.74, 6) is 1.34. The molecule has 0 N–H and O–H groups in total. The van der Waals surface area contributed by atoms with Gasteiger partial charge in [0, 0.05) is 25.4 Å². The Hall–Kier alpha value is -1.63. The molecule has 1 rings (SSSR count). The van der Waals surface area contributed by atoms with Crippen molar-refractivity contribution in [2.45, 2.75) is 32.6 Å². The Morgan fingerprint density at radius 3 is 2.88 bits per heavy atom. The van der Waals surface area contributed by atoms with Crippen LogP contribution >= 0.6 is 0 Å². The third-order valence-electron chi connectivity index (χ3n) is 2.74. The third-order valence-corrected chi connectivity index (χ3v) is 2.74. The highest BCUT2D eigenvalue weighted by atomic mass is 15.2. The van der Waals surface area contributed by atoms with Gasteiger partial charge in [-0.15, -0.1) is 0 Å². The van der Waals surface area contributed by atoms with E-state index in [9.17, 15) is 0 Å². The fraction of sp³-hybridized carbons (Fsp3) is 0.583. The number of anilines is 1. The molecule has 1 heterocycles. The van der Waals surface area contributed by atoms with E-state index in [2.05, 4.69) is 29.9 Å². The van der Waals surface area contributed by atoms with Gasteiger partial charge in [0.05, 0.1) is 12.5 Å². The lowest BCUT2D eigenvalue weighted by Gasteiger charge is -2.17. The van der Waals surface area contributed by atoms with Crippen molar-refractivity contribution < 1.29 is 0 Å². The Labute approximate surface area is 96.9 Å². The molecule has 4 heteroatoms. The van der Waals surface area contributed by atoms with Gasteiger partial charge in [0.15, 0.2) is 0 Å². The van der Waals surface area contributed by atoms with Crippen LogP contribution in [0.1, 0.15) is 38.3 Å². The Balaban J connectivity index is 2.78. The van der Waals surface area contributed by atoms with Gasteiger partial charge in [0.1, 0.15) is 12.1 Å². The van der Waals surface area contributed by atoms with E-state index in [1.54, 1.807) is 6.33 Å². The molecule has 0 bridgehead atoms. The minimum absolute atomic E-state index is 0.450. The first-order chi connectivity index (χ1) is 7.69. The van der Waals surface area contributed by atoms with Crippen molar-refractivity contribution in [3.05, 3.63) is 18.1 Å². The Morgan fingerprint density at radius 2 is 2.25 bits per heavy atom. The van der Waals surface area contributed by atoms with Crippen LogP contribution in [0.15, 0.2) is 12.4 Å². The number of nitrogens with zero attached hydrogens (tertiary/aromatic N) is 4. The molecule has 1 atom stereocenters. The van der Waals surface area contributed by atoms with Crippen molar-refractivity contribution in [3.8, 4) is 6.07 Å². The van der Waals surface area contributed by atoms with Crippen molar-refractivity contribution in [1.29, 1.82) is 5.26 Å². The molecule has 0 aromatic carbocycles. The van der Waals surface area contributed by atoms with Crippen LogP contribution < -0.4 is 4.90 Å². The van der Waals surface area contributed by atoms with E-state index in [-0.39, 0.29) is 0 Å². The van der Waals surface area contributed by atoms with Crippen molar-refractivity contribution in [2.24, 2.45) is 0 Å². The van der Waals surface area contributed by atoms with Crippen molar-refractivity contribution in [3.63, 3.8) is 0 Å². The highest BCUT2D eigenvalue weighted by molar-refractivity contribution is 5.38. The molecule has 0 spiro atoms. The molecule has 0 saturated carbocycles. The molecule has 86 valence electrons. The Morgan fingerprint density at radius 1 is 1.50 bits per heavy atom. The van der Waals surface area contributed by atoms with Gasteiger partial charge in [-0.2, -0.15) is 5.26 Å². The second-order valence-electron chi connectivity index (χ2n) is 3.94. The summed E-state index contributed by atoms with van der Waals surface area (Å²) in [6.45, 7) is 5.00. The van der Waals surface area contributed by atoms with Crippen LogP contribution in [0.2, 0.25) is 0 Å². The molecule has 0 radical (unpaired) electrons. The molecule has 0 aliphatic rings. The fourth-order valence-electron chi connectivity index (χ4n) is 1.38. The highest BCUT2D eigenvalue weighted by Crippen LogP contribution is 2.19. The maximum absolute atomic E-state index is 8.53. The molecule has 1 aromatic rings. The van der Waals surface area contributed by atoms with Crippen LogP contribution in [0.5, 0.6) is 0 Å². The van der Waals surface area contributed by atoms with Gasteiger partial charge in [0.25, 0.3) is 0 Å². The first-order valence-electron chi connectivity index (χ1n) is 5.59. The van der Waals surface area contributed by atoms with E-state index in [0.717, 1.165) is 17.9 Å². The summed E-state index contributed by atoms with van der Waals surface area (Å²) >= 11 is 0. The smallest absolute Gasteiger partial charge is 0.131 e. The number of rotatable bonds is 5. The van der Waals surface area contributed by atoms with Gasteiger partial charge in [0.2, 0.25) is 0 Å². The van der Waals surface area contributed by atoms with Crippen LogP contribution in [0.4, 0.5) is 5.82 Å². The summed E-state index contributed by atoms with van der Waals surface area (Å²) < 4.78 is 0. The third kappa shape index (κ3) is 3.20. The lowest BCUT2D eigenvalue weighted by molar-refractivity contribution is 0.702. The Kier molecular flexibility index (Phi) is 4.71. The van der Waals surface area contributed by atoms with Crippen molar-refractivity contribution >= 4 is 5.82 Å². The first kappa shape index (κ1) is 12.4. The zero-order valence-electron chi connectivity index (χ0n) is 10.1. The summed E-state index contributed by atoms with van der Waals surface area (Å²) in [7, 11) is 1.94. The zero-order valence-corrected chi connectivity index (χ0v) is 10.1. The quantitative estimate of drug-likeness (QED) is 0.761.